The van der Waals surface area contributed by atoms with E-state index in [2.05, 4.69) is 51.9 Å². The lowest BCUT2D eigenvalue weighted by atomic mass is 9.85. The van der Waals surface area contributed by atoms with E-state index in [0.717, 1.165) is 12.3 Å². The van der Waals surface area contributed by atoms with Crippen LogP contribution < -0.4 is 5.32 Å². The average molecular weight is 268 g/mol. The molecule has 0 aromatic heterocycles. The number of piperidine rings is 1. The quantitative estimate of drug-likeness (QED) is 0.851. The Labute approximate surface area is 119 Å². The highest BCUT2D eigenvalue weighted by Gasteiger charge is 2.49. The van der Waals surface area contributed by atoms with Gasteiger partial charge in [0.1, 0.15) is 0 Å². The third kappa shape index (κ3) is 3.14. The van der Waals surface area contributed by atoms with Crippen LogP contribution in [-0.4, -0.2) is 48.3 Å². The van der Waals surface area contributed by atoms with Gasteiger partial charge in [-0.05, 0) is 53.5 Å². The highest BCUT2D eigenvalue weighted by atomic mass is 16.5. The number of nitrogens with one attached hydrogen (secondary N) is 1. The van der Waals surface area contributed by atoms with Crippen molar-refractivity contribution >= 4 is 0 Å². The Kier molecular flexibility index (Phi) is 4.29. The molecule has 0 bridgehead atoms. The fourth-order valence-corrected chi connectivity index (χ4v) is 4.24. The number of ether oxygens (including phenoxy) is 1. The molecule has 3 heteroatoms. The standard InChI is InChI=1S/C16H32N2O/c1-7-12-11-18(9-8-13(12)17-6)14-10-15(2,3)19-16(14,4)5/h12-14,17H,7-11H2,1-6H3. The first-order valence-electron chi connectivity index (χ1n) is 7.90. The topological polar surface area (TPSA) is 24.5 Å². The van der Waals surface area contributed by atoms with Crippen molar-refractivity contribution in [1.29, 1.82) is 0 Å². The van der Waals surface area contributed by atoms with Crippen LogP contribution in [0, 0.1) is 5.92 Å². The van der Waals surface area contributed by atoms with Gasteiger partial charge in [0.15, 0.2) is 0 Å². The van der Waals surface area contributed by atoms with Crippen LogP contribution in [-0.2, 0) is 4.74 Å². The lowest BCUT2D eigenvalue weighted by Gasteiger charge is -2.44. The number of likely N-dealkylation sites (tertiary alicyclic amines) is 1. The molecule has 0 spiro atoms. The van der Waals surface area contributed by atoms with Gasteiger partial charge in [-0.1, -0.05) is 13.3 Å². The van der Waals surface area contributed by atoms with E-state index in [1.165, 1.54) is 25.9 Å². The molecule has 0 radical (unpaired) electrons. The summed E-state index contributed by atoms with van der Waals surface area (Å²) >= 11 is 0. The molecule has 2 saturated heterocycles. The molecule has 3 unspecified atom stereocenters. The fourth-order valence-electron chi connectivity index (χ4n) is 4.24. The molecular formula is C16H32N2O. The van der Waals surface area contributed by atoms with E-state index >= 15 is 0 Å². The van der Waals surface area contributed by atoms with Crippen molar-refractivity contribution in [2.24, 2.45) is 5.92 Å². The maximum atomic E-state index is 6.27. The Morgan fingerprint density at radius 1 is 1.26 bits per heavy atom. The number of hydrogen-bond donors (Lipinski definition) is 1. The van der Waals surface area contributed by atoms with Gasteiger partial charge in [0.05, 0.1) is 11.2 Å². The predicted octanol–water partition coefficient (Wildman–Crippen LogP) is 2.65. The summed E-state index contributed by atoms with van der Waals surface area (Å²) in [6.45, 7) is 13.7. The highest BCUT2D eigenvalue weighted by Crippen LogP contribution is 2.41. The zero-order valence-corrected chi connectivity index (χ0v) is 13.6. The molecule has 0 aromatic rings. The van der Waals surface area contributed by atoms with Gasteiger partial charge < -0.3 is 10.1 Å². The van der Waals surface area contributed by atoms with Crippen molar-refractivity contribution in [2.45, 2.75) is 77.2 Å². The normalized spacial score (nSPS) is 38.5. The summed E-state index contributed by atoms with van der Waals surface area (Å²) in [5.41, 5.74) is 0.00397. The number of nitrogens with zero attached hydrogens (tertiary/aromatic N) is 1. The molecule has 19 heavy (non-hydrogen) atoms. The van der Waals surface area contributed by atoms with Crippen LogP contribution in [0.15, 0.2) is 0 Å². The Morgan fingerprint density at radius 2 is 1.95 bits per heavy atom. The van der Waals surface area contributed by atoms with Crippen LogP contribution in [0.2, 0.25) is 0 Å². The van der Waals surface area contributed by atoms with Crippen LogP contribution >= 0.6 is 0 Å². The van der Waals surface area contributed by atoms with Crippen LogP contribution in [0.5, 0.6) is 0 Å². The minimum absolute atomic E-state index is 0.0196. The minimum Gasteiger partial charge on any atom is -0.368 e. The van der Waals surface area contributed by atoms with E-state index in [0.29, 0.717) is 12.1 Å². The van der Waals surface area contributed by atoms with Crippen molar-refractivity contribution in [2.75, 3.05) is 20.1 Å². The second kappa shape index (κ2) is 5.34. The summed E-state index contributed by atoms with van der Waals surface area (Å²) in [6, 6.07) is 1.26. The third-order valence-corrected chi connectivity index (χ3v) is 5.13. The van der Waals surface area contributed by atoms with E-state index in [-0.39, 0.29) is 11.2 Å². The van der Waals surface area contributed by atoms with Crippen LogP contribution in [0.25, 0.3) is 0 Å². The zero-order valence-electron chi connectivity index (χ0n) is 13.6. The summed E-state index contributed by atoms with van der Waals surface area (Å²) in [5.74, 6) is 0.776. The van der Waals surface area contributed by atoms with Crippen LogP contribution in [0.4, 0.5) is 0 Å². The van der Waals surface area contributed by atoms with Gasteiger partial charge in [0.2, 0.25) is 0 Å². The molecule has 2 aliphatic rings. The monoisotopic (exact) mass is 268 g/mol. The van der Waals surface area contributed by atoms with Crippen molar-refractivity contribution in [3.63, 3.8) is 0 Å². The lowest BCUT2D eigenvalue weighted by Crippen LogP contribution is -2.55. The van der Waals surface area contributed by atoms with Gasteiger partial charge in [-0.3, -0.25) is 4.90 Å². The smallest absolute Gasteiger partial charge is 0.0789 e. The van der Waals surface area contributed by atoms with Crippen LogP contribution in [0.1, 0.15) is 53.9 Å². The fraction of sp³-hybridized carbons (Fsp3) is 1.00. The van der Waals surface area contributed by atoms with E-state index in [1.807, 2.05) is 0 Å². The Balaban J connectivity index is 2.07. The molecule has 3 nitrogen and oxygen atoms in total. The molecule has 2 fully saturated rings. The second-order valence-corrected chi connectivity index (χ2v) is 7.53. The minimum atomic E-state index is -0.0196. The molecule has 0 aromatic carbocycles. The molecule has 0 amide bonds. The molecule has 0 saturated carbocycles. The van der Waals surface area contributed by atoms with E-state index < -0.39 is 0 Å². The lowest BCUT2D eigenvalue weighted by molar-refractivity contribution is -0.0842. The summed E-state index contributed by atoms with van der Waals surface area (Å²) < 4.78 is 6.27. The van der Waals surface area contributed by atoms with Gasteiger partial charge in [-0.15, -0.1) is 0 Å². The number of rotatable bonds is 3. The molecule has 2 rings (SSSR count). The highest BCUT2D eigenvalue weighted by molar-refractivity contribution is 5.02. The molecule has 3 atom stereocenters. The van der Waals surface area contributed by atoms with Crippen LogP contribution in [0.3, 0.4) is 0 Å². The van der Waals surface area contributed by atoms with Gasteiger partial charge in [-0.25, -0.2) is 0 Å². The van der Waals surface area contributed by atoms with Crippen molar-refractivity contribution in [3.05, 3.63) is 0 Å². The molecule has 2 aliphatic heterocycles. The predicted molar refractivity (Wildman–Crippen MR) is 80.5 cm³/mol. The van der Waals surface area contributed by atoms with E-state index in [9.17, 15) is 0 Å². The maximum Gasteiger partial charge on any atom is 0.0789 e. The average Bonchev–Trinajstić information content (AvgIpc) is 2.56. The summed E-state index contributed by atoms with van der Waals surface area (Å²) in [6.07, 6.45) is 3.68. The van der Waals surface area contributed by atoms with Gasteiger partial charge in [0, 0.05) is 25.2 Å². The SMILES string of the molecule is CCC1CN(C2CC(C)(C)OC2(C)C)CCC1NC. The largest absolute Gasteiger partial charge is 0.368 e. The van der Waals surface area contributed by atoms with Gasteiger partial charge in [0.25, 0.3) is 0 Å². The van der Waals surface area contributed by atoms with E-state index in [4.69, 9.17) is 4.74 Å². The van der Waals surface area contributed by atoms with Crippen molar-refractivity contribution in [3.8, 4) is 0 Å². The zero-order chi connectivity index (χ0) is 14.3. The first-order chi connectivity index (χ1) is 8.79. The molecule has 2 heterocycles. The maximum absolute atomic E-state index is 6.27. The Morgan fingerprint density at radius 3 is 2.42 bits per heavy atom. The van der Waals surface area contributed by atoms with Gasteiger partial charge >= 0.3 is 0 Å². The first-order valence-corrected chi connectivity index (χ1v) is 7.90. The Hall–Kier alpha value is -0.120. The van der Waals surface area contributed by atoms with Crippen molar-refractivity contribution in [1.82, 2.24) is 10.2 Å². The molecule has 0 aliphatic carbocycles. The van der Waals surface area contributed by atoms with Crippen molar-refractivity contribution < 1.29 is 4.74 Å². The van der Waals surface area contributed by atoms with Gasteiger partial charge in [-0.2, -0.15) is 0 Å². The summed E-state index contributed by atoms with van der Waals surface area (Å²) in [5, 5.41) is 3.50. The summed E-state index contributed by atoms with van der Waals surface area (Å²) in [7, 11) is 2.11. The Bertz CT molecular complexity index is 314. The summed E-state index contributed by atoms with van der Waals surface area (Å²) in [4.78, 5) is 2.69. The van der Waals surface area contributed by atoms with E-state index in [1.54, 1.807) is 0 Å². The first kappa shape index (κ1) is 15.3. The number of hydrogen-bond acceptors (Lipinski definition) is 3. The second-order valence-electron chi connectivity index (χ2n) is 7.53. The molecule has 1 N–H and O–H groups in total. The molecular weight excluding hydrogens is 236 g/mol. The third-order valence-electron chi connectivity index (χ3n) is 5.13. The molecule has 112 valence electrons.